The van der Waals surface area contributed by atoms with Crippen molar-refractivity contribution in [3.05, 3.63) is 78.4 Å². The highest BCUT2D eigenvalue weighted by molar-refractivity contribution is 5.82. The average Bonchev–Trinajstić information content (AvgIpc) is 3.13. The molecule has 30 heavy (non-hydrogen) atoms. The lowest BCUT2D eigenvalue weighted by molar-refractivity contribution is 0.414. The molecule has 4 rings (SSSR count). The fraction of sp³-hybridized carbons (Fsp3) is 0.125. The number of hydrogen-bond acceptors (Lipinski definition) is 3. The molecule has 0 saturated heterocycles. The highest BCUT2D eigenvalue weighted by atomic mass is 19.2. The monoisotopic (exact) mass is 406 g/mol. The molecule has 3 aromatic carbocycles. The standard InChI is InChI=1S/C24H20F2N2O2/c1-28-23(16-6-11-19(30-3)12-7-16)22(15-4-9-18(29-2)10-5-15)27-24(28)17-8-13-20(25)21(26)14-17/h4-14H,1-3H3. The summed E-state index contributed by atoms with van der Waals surface area (Å²) in [5.74, 6) is 0.214. The van der Waals surface area contributed by atoms with E-state index in [0.29, 0.717) is 11.4 Å². The van der Waals surface area contributed by atoms with Crippen LogP contribution in [0.1, 0.15) is 0 Å². The van der Waals surface area contributed by atoms with Crippen LogP contribution in [0.2, 0.25) is 0 Å². The van der Waals surface area contributed by atoms with Gasteiger partial charge in [-0.3, -0.25) is 0 Å². The average molecular weight is 406 g/mol. The van der Waals surface area contributed by atoms with Crippen molar-refractivity contribution in [1.29, 1.82) is 0 Å². The molecule has 1 aromatic heterocycles. The second-order valence-electron chi connectivity index (χ2n) is 6.78. The Hall–Kier alpha value is -3.67. The Morgan fingerprint density at radius 2 is 1.23 bits per heavy atom. The van der Waals surface area contributed by atoms with Crippen molar-refractivity contribution in [3.63, 3.8) is 0 Å². The van der Waals surface area contributed by atoms with E-state index in [1.54, 1.807) is 14.2 Å². The van der Waals surface area contributed by atoms with Gasteiger partial charge in [0.2, 0.25) is 0 Å². The predicted octanol–water partition coefficient (Wildman–Crippen LogP) is 5.72. The fourth-order valence-electron chi connectivity index (χ4n) is 3.42. The quantitative estimate of drug-likeness (QED) is 0.426. The van der Waals surface area contributed by atoms with E-state index >= 15 is 0 Å². The third-order valence-electron chi connectivity index (χ3n) is 5.00. The number of imidazole rings is 1. The van der Waals surface area contributed by atoms with Crippen molar-refractivity contribution in [2.45, 2.75) is 0 Å². The molecule has 0 spiro atoms. The first kappa shape index (κ1) is 19.6. The number of hydrogen-bond donors (Lipinski definition) is 0. The zero-order chi connectivity index (χ0) is 21.3. The summed E-state index contributed by atoms with van der Waals surface area (Å²) in [4.78, 5) is 4.80. The van der Waals surface area contributed by atoms with E-state index in [0.717, 1.165) is 46.1 Å². The van der Waals surface area contributed by atoms with Crippen LogP contribution in [0.25, 0.3) is 33.9 Å². The summed E-state index contributed by atoms with van der Waals surface area (Å²) < 4.78 is 39.7. The molecule has 6 heteroatoms. The molecule has 0 aliphatic rings. The van der Waals surface area contributed by atoms with Crippen molar-refractivity contribution >= 4 is 0 Å². The molecule has 152 valence electrons. The van der Waals surface area contributed by atoms with Gasteiger partial charge in [-0.05, 0) is 66.7 Å². The highest BCUT2D eigenvalue weighted by Gasteiger charge is 2.20. The van der Waals surface area contributed by atoms with Gasteiger partial charge in [-0.1, -0.05) is 0 Å². The second kappa shape index (κ2) is 7.99. The molecular formula is C24H20F2N2O2. The van der Waals surface area contributed by atoms with Crippen LogP contribution in [0.3, 0.4) is 0 Å². The molecule has 0 saturated carbocycles. The number of aromatic nitrogens is 2. The summed E-state index contributed by atoms with van der Waals surface area (Å²) in [5, 5.41) is 0. The van der Waals surface area contributed by atoms with Crippen LogP contribution in [0, 0.1) is 11.6 Å². The van der Waals surface area contributed by atoms with Crippen molar-refractivity contribution in [2.24, 2.45) is 7.05 Å². The van der Waals surface area contributed by atoms with Gasteiger partial charge in [0.15, 0.2) is 11.6 Å². The van der Waals surface area contributed by atoms with E-state index in [9.17, 15) is 8.78 Å². The number of methoxy groups -OCH3 is 2. The zero-order valence-corrected chi connectivity index (χ0v) is 16.8. The highest BCUT2D eigenvalue weighted by Crippen LogP contribution is 2.36. The Balaban J connectivity index is 1.92. The normalized spacial score (nSPS) is 10.8. The van der Waals surface area contributed by atoms with Crippen molar-refractivity contribution in [1.82, 2.24) is 9.55 Å². The summed E-state index contributed by atoms with van der Waals surface area (Å²) in [6.45, 7) is 0. The maximum Gasteiger partial charge on any atom is 0.159 e. The van der Waals surface area contributed by atoms with E-state index in [2.05, 4.69) is 0 Å². The minimum absolute atomic E-state index is 0.492. The molecule has 0 bridgehead atoms. The molecule has 0 aliphatic carbocycles. The Labute approximate surface area is 173 Å². The third-order valence-corrected chi connectivity index (χ3v) is 5.00. The van der Waals surface area contributed by atoms with Gasteiger partial charge in [-0.25, -0.2) is 13.8 Å². The van der Waals surface area contributed by atoms with Crippen LogP contribution in [0.5, 0.6) is 11.5 Å². The number of nitrogens with zero attached hydrogens (tertiary/aromatic N) is 2. The minimum Gasteiger partial charge on any atom is -0.497 e. The van der Waals surface area contributed by atoms with Gasteiger partial charge in [0.1, 0.15) is 17.3 Å². The number of benzene rings is 3. The van der Waals surface area contributed by atoms with Gasteiger partial charge in [0.25, 0.3) is 0 Å². The Morgan fingerprint density at radius 1 is 0.700 bits per heavy atom. The predicted molar refractivity (Wildman–Crippen MR) is 113 cm³/mol. The van der Waals surface area contributed by atoms with Crippen molar-refractivity contribution in [3.8, 4) is 45.4 Å². The van der Waals surface area contributed by atoms with Crippen LogP contribution in [0.4, 0.5) is 8.78 Å². The first-order valence-electron chi connectivity index (χ1n) is 9.33. The molecule has 4 aromatic rings. The maximum atomic E-state index is 13.9. The summed E-state index contributed by atoms with van der Waals surface area (Å²) in [5.41, 5.74) is 3.87. The Morgan fingerprint density at radius 3 is 1.77 bits per heavy atom. The minimum atomic E-state index is -0.910. The van der Waals surface area contributed by atoms with E-state index in [1.165, 1.54) is 6.07 Å². The molecule has 0 atom stereocenters. The van der Waals surface area contributed by atoms with Gasteiger partial charge in [-0.15, -0.1) is 0 Å². The van der Waals surface area contributed by atoms with Crippen LogP contribution < -0.4 is 9.47 Å². The SMILES string of the molecule is COc1ccc(-c2nc(-c3ccc(F)c(F)c3)n(C)c2-c2ccc(OC)cc2)cc1. The van der Waals surface area contributed by atoms with Gasteiger partial charge < -0.3 is 14.0 Å². The lowest BCUT2D eigenvalue weighted by Gasteiger charge is -2.09. The van der Waals surface area contributed by atoms with Crippen molar-refractivity contribution < 1.29 is 18.3 Å². The molecule has 0 aliphatic heterocycles. The number of halogens is 2. The van der Waals surface area contributed by atoms with Crippen LogP contribution in [-0.2, 0) is 7.05 Å². The first-order valence-corrected chi connectivity index (χ1v) is 9.33. The smallest absolute Gasteiger partial charge is 0.159 e. The van der Waals surface area contributed by atoms with E-state index in [1.807, 2.05) is 60.1 Å². The number of rotatable bonds is 5. The van der Waals surface area contributed by atoms with E-state index in [-0.39, 0.29) is 0 Å². The van der Waals surface area contributed by atoms with Gasteiger partial charge in [0.05, 0.1) is 25.6 Å². The summed E-state index contributed by atoms with van der Waals surface area (Å²) in [6.07, 6.45) is 0. The molecular weight excluding hydrogens is 386 g/mol. The summed E-state index contributed by atoms with van der Waals surface area (Å²) in [6, 6.07) is 19.0. The van der Waals surface area contributed by atoms with Gasteiger partial charge in [-0.2, -0.15) is 0 Å². The zero-order valence-electron chi connectivity index (χ0n) is 16.8. The number of ether oxygens (including phenoxy) is 2. The fourth-order valence-corrected chi connectivity index (χ4v) is 3.42. The van der Waals surface area contributed by atoms with Crippen LogP contribution >= 0.6 is 0 Å². The van der Waals surface area contributed by atoms with Crippen LogP contribution in [0.15, 0.2) is 66.7 Å². The third kappa shape index (κ3) is 3.52. The van der Waals surface area contributed by atoms with Gasteiger partial charge in [0, 0.05) is 23.7 Å². The first-order chi connectivity index (χ1) is 14.5. The molecule has 0 unspecified atom stereocenters. The molecule has 4 nitrogen and oxygen atoms in total. The largest absolute Gasteiger partial charge is 0.497 e. The second-order valence-corrected chi connectivity index (χ2v) is 6.78. The molecule has 0 fully saturated rings. The molecule has 0 amide bonds. The molecule has 0 radical (unpaired) electrons. The Kier molecular flexibility index (Phi) is 5.23. The maximum absolute atomic E-state index is 13.9. The molecule has 1 heterocycles. The van der Waals surface area contributed by atoms with Gasteiger partial charge >= 0.3 is 0 Å². The summed E-state index contributed by atoms with van der Waals surface area (Å²) in [7, 11) is 5.08. The van der Waals surface area contributed by atoms with E-state index in [4.69, 9.17) is 14.5 Å². The topological polar surface area (TPSA) is 36.3 Å². The van der Waals surface area contributed by atoms with Crippen LogP contribution in [-0.4, -0.2) is 23.8 Å². The summed E-state index contributed by atoms with van der Waals surface area (Å²) >= 11 is 0. The Bertz CT molecular complexity index is 1180. The van der Waals surface area contributed by atoms with E-state index < -0.39 is 11.6 Å². The lowest BCUT2D eigenvalue weighted by atomic mass is 10.0. The lowest BCUT2D eigenvalue weighted by Crippen LogP contribution is -1.97. The van der Waals surface area contributed by atoms with Crippen molar-refractivity contribution in [2.75, 3.05) is 14.2 Å². The molecule has 0 N–H and O–H groups in total.